The Bertz CT molecular complexity index is 635. The molecule has 3 N–H and O–H groups in total. The fourth-order valence-electron chi connectivity index (χ4n) is 3.34. The first-order valence-electron chi connectivity index (χ1n) is 7.61. The number of fused-ring (bicyclic) bond motifs is 1. The van der Waals surface area contributed by atoms with Gasteiger partial charge in [-0.15, -0.1) is 0 Å². The van der Waals surface area contributed by atoms with Crippen molar-refractivity contribution in [3.63, 3.8) is 0 Å². The second-order valence-corrected chi connectivity index (χ2v) is 6.33. The van der Waals surface area contributed by atoms with Gasteiger partial charge in [-0.05, 0) is 32.0 Å². The van der Waals surface area contributed by atoms with Crippen molar-refractivity contribution < 1.29 is 5.11 Å². The number of para-hydroxylation sites is 1. The number of hydrogen-bond donors (Lipinski definition) is 2. The van der Waals surface area contributed by atoms with E-state index in [2.05, 4.69) is 22.0 Å². The van der Waals surface area contributed by atoms with E-state index in [0.29, 0.717) is 18.9 Å². The maximum absolute atomic E-state index is 10.5. The van der Waals surface area contributed by atoms with Gasteiger partial charge in [0.15, 0.2) is 0 Å². The van der Waals surface area contributed by atoms with Crippen molar-refractivity contribution in [1.29, 1.82) is 0 Å². The summed E-state index contributed by atoms with van der Waals surface area (Å²) in [7, 11) is 2.03. The van der Waals surface area contributed by atoms with E-state index in [4.69, 9.17) is 5.73 Å². The number of nitrogen functional groups attached to an aromatic ring is 1. The summed E-state index contributed by atoms with van der Waals surface area (Å²) in [6, 6.07) is 10.1. The Kier molecular flexibility index (Phi) is 3.83. The van der Waals surface area contributed by atoms with E-state index in [9.17, 15) is 5.11 Å². The van der Waals surface area contributed by atoms with Crippen LogP contribution in [0.4, 0.5) is 5.82 Å². The number of likely N-dealkylation sites (N-methyl/N-ethyl adjacent to an activating group) is 1. The standard InChI is InChI=1S/C17H23N3O/c1-20(12-17(21)8-4-5-9-17)11-14-10-13-6-2-3-7-15(13)19-16(14)18/h2-3,6-7,10,21H,4-5,8-9,11-12H2,1H3,(H2,18,19). The lowest BCUT2D eigenvalue weighted by atomic mass is 10.0. The van der Waals surface area contributed by atoms with E-state index in [1.807, 2.05) is 25.2 Å². The molecule has 1 aromatic heterocycles. The molecule has 1 fully saturated rings. The number of pyridine rings is 1. The Morgan fingerprint density at radius 1 is 1.29 bits per heavy atom. The minimum absolute atomic E-state index is 0.520. The number of aromatic nitrogens is 1. The fourth-order valence-corrected chi connectivity index (χ4v) is 3.34. The molecule has 0 amide bonds. The van der Waals surface area contributed by atoms with Gasteiger partial charge in [-0.25, -0.2) is 4.98 Å². The van der Waals surface area contributed by atoms with Crippen LogP contribution in [0.1, 0.15) is 31.2 Å². The summed E-state index contributed by atoms with van der Waals surface area (Å²) in [5.41, 5.74) is 7.51. The van der Waals surface area contributed by atoms with Gasteiger partial charge in [-0.2, -0.15) is 0 Å². The summed E-state index contributed by atoms with van der Waals surface area (Å²) in [6.07, 6.45) is 4.07. The summed E-state index contributed by atoms with van der Waals surface area (Å²) >= 11 is 0. The minimum Gasteiger partial charge on any atom is -0.389 e. The number of nitrogens with zero attached hydrogens (tertiary/aromatic N) is 2. The first kappa shape index (κ1) is 14.3. The molecular formula is C17H23N3O. The van der Waals surface area contributed by atoms with Crippen molar-refractivity contribution in [3.8, 4) is 0 Å². The van der Waals surface area contributed by atoms with Crippen molar-refractivity contribution in [2.45, 2.75) is 37.8 Å². The maximum Gasteiger partial charge on any atom is 0.128 e. The molecule has 21 heavy (non-hydrogen) atoms. The Morgan fingerprint density at radius 2 is 2.00 bits per heavy atom. The second-order valence-electron chi connectivity index (χ2n) is 6.33. The third-order valence-corrected chi connectivity index (χ3v) is 4.38. The van der Waals surface area contributed by atoms with Gasteiger partial charge < -0.3 is 10.8 Å². The summed E-state index contributed by atoms with van der Waals surface area (Å²) < 4.78 is 0. The Morgan fingerprint density at radius 3 is 2.76 bits per heavy atom. The third kappa shape index (κ3) is 3.17. The zero-order valence-electron chi connectivity index (χ0n) is 12.5. The van der Waals surface area contributed by atoms with Gasteiger partial charge in [0.1, 0.15) is 5.82 Å². The van der Waals surface area contributed by atoms with Crippen LogP contribution in [-0.4, -0.2) is 34.2 Å². The van der Waals surface area contributed by atoms with E-state index < -0.39 is 5.60 Å². The lowest BCUT2D eigenvalue weighted by Gasteiger charge is -2.28. The van der Waals surface area contributed by atoms with Gasteiger partial charge in [0, 0.05) is 24.0 Å². The third-order valence-electron chi connectivity index (χ3n) is 4.38. The molecule has 0 atom stereocenters. The molecule has 112 valence electrons. The Balaban J connectivity index is 1.76. The highest BCUT2D eigenvalue weighted by atomic mass is 16.3. The Labute approximate surface area is 125 Å². The lowest BCUT2D eigenvalue weighted by molar-refractivity contribution is 0.0145. The van der Waals surface area contributed by atoms with Crippen LogP contribution in [0.2, 0.25) is 0 Å². The molecule has 0 aliphatic heterocycles. The maximum atomic E-state index is 10.5. The van der Waals surface area contributed by atoms with Crippen LogP contribution in [0.5, 0.6) is 0 Å². The molecule has 1 aliphatic carbocycles. The SMILES string of the molecule is CN(Cc1cc2ccccc2nc1N)CC1(O)CCCC1. The van der Waals surface area contributed by atoms with Crippen LogP contribution in [0.25, 0.3) is 10.9 Å². The zero-order valence-corrected chi connectivity index (χ0v) is 12.5. The van der Waals surface area contributed by atoms with E-state index in [1.165, 1.54) is 0 Å². The van der Waals surface area contributed by atoms with E-state index in [1.54, 1.807) is 0 Å². The first-order chi connectivity index (χ1) is 10.1. The topological polar surface area (TPSA) is 62.4 Å². The van der Waals surface area contributed by atoms with E-state index >= 15 is 0 Å². The predicted molar refractivity (Wildman–Crippen MR) is 85.9 cm³/mol. The van der Waals surface area contributed by atoms with Crippen LogP contribution >= 0.6 is 0 Å². The molecule has 0 radical (unpaired) electrons. The quantitative estimate of drug-likeness (QED) is 0.906. The van der Waals surface area contributed by atoms with Crippen LogP contribution in [0, 0.1) is 0 Å². The molecule has 3 rings (SSSR count). The summed E-state index contributed by atoms with van der Waals surface area (Å²) in [4.78, 5) is 6.61. The second kappa shape index (κ2) is 5.62. The van der Waals surface area contributed by atoms with Crippen LogP contribution in [0.15, 0.2) is 30.3 Å². The molecule has 2 aromatic rings. The number of nitrogens with two attached hydrogens (primary N) is 1. The lowest BCUT2D eigenvalue weighted by Crippen LogP contribution is -2.38. The molecule has 1 aromatic carbocycles. The molecule has 4 heteroatoms. The van der Waals surface area contributed by atoms with Gasteiger partial charge >= 0.3 is 0 Å². The molecule has 1 aliphatic rings. The van der Waals surface area contributed by atoms with Crippen LogP contribution in [0.3, 0.4) is 0 Å². The highest BCUT2D eigenvalue weighted by Gasteiger charge is 2.32. The average molecular weight is 285 g/mol. The molecular weight excluding hydrogens is 262 g/mol. The zero-order chi connectivity index (χ0) is 14.9. The molecule has 0 saturated heterocycles. The molecule has 0 bridgehead atoms. The van der Waals surface area contributed by atoms with Gasteiger partial charge in [-0.1, -0.05) is 31.0 Å². The molecule has 1 saturated carbocycles. The van der Waals surface area contributed by atoms with Gasteiger partial charge in [-0.3, -0.25) is 4.90 Å². The summed E-state index contributed by atoms with van der Waals surface area (Å²) in [5.74, 6) is 0.582. The van der Waals surface area contributed by atoms with E-state index in [0.717, 1.165) is 42.1 Å². The molecule has 4 nitrogen and oxygen atoms in total. The number of benzene rings is 1. The summed E-state index contributed by atoms with van der Waals surface area (Å²) in [5, 5.41) is 11.6. The highest BCUT2D eigenvalue weighted by molar-refractivity contribution is 5.81. The van der Waals surface area contributed by atoms with E-state index in [-0.39, 0.29) is 0 Å². The number of rotatable bonds is 4. The molecule has 0 unspecified atom stereocenters. The van der Waals surface area contributed by atoms with Crippen molar-refractivity contribution in [3.05, 3.63) is 35.9 Å². The largest absolute Gasteiger partial charge is 0.389 e. The smallest absolute Gasteiger partial charge is 0.128 e. The number of aliphatic hydroxyl groups is 1. The predicted octanol–water partition coefficient (Wildman–Crippen LogP) is 2.55. The van der Waals surface area contributed by atoms with Crippen molar-refractivity contribution in [1.82, 2.24) is 9.88 Å². The Hall–Kier alpha value is -1.65. The monoisotopic (exact) mass is 285 g/mol. The van der Waals surface area contributed by atoms with Crippen molar-refractivity contribution in [2.24, 2.45) is 0 Å². The number of hydrogen-bond acceptors (Lipinski definition) is 4. The van der Waals surface area contributed by atoms with Gasteiger partial charge in [0.2, 0.25) is 0 Å². The molecule has 0 spiro atoms. The molecule has 1 heterocycles. The fraction of sp³-hybridized carbons (Fsp3) is 0.471. The van der Waals surface area contributed by atoms with Gasteiger partial charge in [0.25, 0.3) is 0 Å². The normalized spacial score (nSPS) is 17.7. The highest BCUT2D eigenvalue weighted by Crippen LogP contribution is 2.30. The minimum atomic E-state index is -0.520. The summed E-state index contributed by atoms with van der Waals surface area (Å²) in [6.45, 7) is 1.41. The average Bonchev–Trinajstić information content (AvgIpc) is 2.86. The van der Waals surface area contributed by atoms with Gasteiger partial charge in [0.05, 0.1) is 11.1 Å². The van der Waals surface area contributed by atoms with Crippen LogP contribution < -0.4 is 5.73 Å². The number of anilines is 1. The van der Waals surface area contributed by atoms with Crippen molar-refractivity contribution in [2.75, 3.05) is 19.3 Å². The van der Waals surface area contributed by atoms with Crippen LogP contribution in [-0.2, 0) is 6.54 Å². The van der Waals surface area contributed by atoms with Crippen molar-refractivity contribution >= 4 is 16.7 Å². The first-order valence-corrected chi connectivity index (χ1v) is 7.61.